The third kappa shape index (κ3) is 2.70. The molecule has 0 aromatic carbocycles. The number of nitrogens with one attached hydrogen (secondary N) is 2. The normalized spacial score (nSPS) is 30.7. The Morgan fingerprint density at radius 1 is 1.50 bits per heavy atom. The van der Waals surface area contributed by atoms with Gasteiger partial charge in [0.25, 0.3) is 5.91 Å². The van der Waals surface area contributed by atoms with Crippen molar-refractivity contribution in [2.45, 2.75) is 45.1 Å². The summed E-state index contributed by atoms with van der Waals surface area (Å²) in [4.78, 5) is 37.1. The van der Waals surface area contributed by atoms with Crippen LogP contribution in [0.4, 0.5) is 0 Å². The lowest BCUT2D eigenvalue weighted by atomic mass is 9.81. The van der Waals surface area contributed by atoms with Gasteiger partial charge in [-0.3, -0.25) is 19.3 Å². The maximum Gasteiger partial charge on any atom is 0.251 e. The molecule has 2 aliphatic heterocycles. The summed E-state index contributed by atoms with van der Waals surface area (Å²) in [5, 5.41) is 6.10. The zero-order valence-corrected chi connectivity index (χ0v) is 12.2. The summed E-state index contributed by atoms with van der Waals surface area (Å²) in [6.45, 7) is 3.57. The molecule has 2 heterocycles. The van der Waals surface area contributed by atoms with Gasteiger partial charge in [0, 0.05) is 20.0 Å². The van der Waals surface area contributed by atoms with Gasteiger partial charge in [-0.25, -0.2) is 0 Å². The second kappa shape index (κ2) is 5.91. The summed E-state index contributed by atoms with van der Waals surface area (Å²) in [6, 6.07) is -0.556. The van der Waals surface area contributed by atoms with Crippen molar-refractivity contribution in [3.05, 3.63) is 0 Å². The molecule has 2 fully saturated rings. The molecule has 20 heavy (non-hydrogen) atoms. The number of hydrogen-bond donors (Lipinski definition) is 2. The first kappa shape index (κ1) is 15.0. The summed E-state index contributed by atoms with van der Waals surface area (Å²) in [5.74, 6) is -0.524. The Hall–Kier alpha value is -1.43. The second-order valence-electron chi connectivity index (χ2n) is 5.81. The summed E-state index contributed by atoms with van der Waals surface area (Å²) < 4.78 is 0. The smallest absolute Gasteiger partial charge is 0.251 e. The van der Waals surface area contributed by atoms with E-state index in [0.717, 1.165) is 30.7 Å². The lowest BCUT2D eigenvalue weighted by Gasteiger charge is -2.32. The molecule has 6 heteroatoms. The maximum absolute atomic E-state index is 12.6. The molecule has 0 aromatic rings. The first-order chi connectivity index (χ1) is 9.50. The molecule has 0 radical (unpaired) electrons. The Balaban J connectivity index is 2.03. The number of nitrogens with zero attached hydrogens (tertiary/aromatic N) is 1. The van der Waals surface area contributed by atoms with Crippen LogP contribution in [0.25, 0.3) is 0 Å². The fourth-order valence-corrected chi connectivity index (χ4v) is 3.10. The Kier molecular flexibility index (Phi) is 4.42. The number of carbonyl (C=O) groups excluding carboxylic acids is 3. The highest BCUT2D eigenvalue weighted by Gasteiger charge is 2.42. The van der Waals surface area contributed by atoms with E-state index in [1.165, 1.54) is 7.05 Å². The quantitative estimate of drug-likeness (QED) is 0.713. The topological polar surface area (TPSA) is 78.5 Å². The number of hydrogen-bond acceptors (Lipinski definition) is 4. The van der Waals surface area contributed by atoms with Crippen molar-refractivity contribution in [3.63, 3.8) is 0 Å². The first-order valence-electron chi connectivity index (χ1n) is 7.32. The van der Waals surface area contributed by atoms with Crippen molar-refractivity contribution in [2.75, 3.05) is 20.1 Å². The van der Waals surface area contributed by atoms with Crippen LogP contribution in [0.5, 0.6) is 0 Å². The van der Waals surface area contributed by atoms with E-state index in [0.29, 0.717) is 19.4 Å². The third-order valence-corrected chi connectivity index (χ3v) is 4.41. The average molecular weight is 281 g/mol. The number of rotatable bonds is 4. The van der Waals surface area contributed by atoms with Gasteiger partial charge in [0.15, 0.2) is 0 Å². The van der Waals surface area contributed by atoms with Crippen molar-refractivity contribution in [3.8, 4) is 0 Å². The highest BCUT2D eigenvalue weighted by molar-refractivity contribution is 6.01. The molecule has 2 atom stereocenters. The fraction of sp³-hybridized carbons (Fsp3) is 0.786. The lowest BCUT2D eigenvalue weighted by molar-refractivity contribution is -0.150. The van der Waals surface area contributed by atoms with Crippen molar-refractivity contribution >= 4 is 17.7 Å². The zero-order valence-electron chi connectivity index (χ0n) is 12.2. The molecule has 112 valence electrons. The minimum Gasteiger partial charge on any atom is -0.344 e. The maximum atomic E-state index is 12.6. The molecule has 2 aliphatic rings. The number of likely N-dealkylation sites (tertiary alicyclic amines) is 1. The van der Waals surface area contributed by atoms with Crippen LogP contribution < -0.4 is 10.6 Å². The van der Waals surface area contributed by atoms with Gasteiger partial charge in [0.2, 0.25) is 11.8 Å². The van der Waals surface area contributed by atoms with Gasteiger partial charge >= 0.3 is 0 Å². The number of carbonyl (C=O) groups is 3. The Labute approximate surface area is 119 Å². The van der Waals surface area contributed by atoms with Gasteiger partial charge in [0.05, 0.1) is 5.41 Å². The van der Waals surface area contributed by atoms with E-state index >= 15 is 0 Å². The molecule has 2 saturated heterocycles. The molecular formula is C14H23N3O3. The minimum absolute atomic E-state index is 0.0505. The zero-order chi connectivity index (χ0) is 14.8. The fourth-order valence-electron chi connectivity index (χ4n) is 3.10. The standard InChI is InChI=1S/C14H23N3O3/c1-3-6-14(7-8-15-9-14)13(20)16-10-4-5-11(18)17(2)12(10)19/h10,15H,3-9H2,1-2H3,(H,16,20). The van der Waals surface area contributed by atoms with E-state index in [1.807, 2.05) is 0 Å². The van der Waals surface area contributed by atoms with Crippen LogP contribution in [0.2, 0.25) is 0 Å². The summed E-state index contributed by atoms with van der Waals surface area (Å²) in [7, 11) is 1.47. The van der Waals surface area contributed by atoms with Crippen LogP contribution in [0.3, 0.4) is 0 Å². The minimum atomic E-state index is -0.556. The molecule has 2 N–H and O–H groups in total. The SMILES string of the molecule is CCCC1(C(=O)NC2CCC(=O)N(C)C2=O)CCNC1. The number of piperidine rings is 1. The molecule has 2 rings (SSSR count). The van der Waals surface area contributed by atoms with Crippen LogP contribution in [-0.2, 0) is 14.4 Å². The molecule has 2 unspecified atom stereocenters. The lowest BCUT2D eigenvalue weighted by Crippen LogP contribution is -2.56. The highest BCUT2D eigenvalue weighted by atomic mass is 16.2. The van der Waals surface area contributed by atoms with E-state index < -0.39 is 11.5 Å². The van der Waals surface area contributed by atoms with Crippen LogP contribution >= 0.6 is 0 Å². The van der Waals surface area contributed by atoms with Gasteiger partial charge in [0.1, 0.15) is 6.04 Å². The van der Waals surface area contributed by atoms with E-state index in [9.17, 15) is 14.4 Å². The van der Waals surface area contributed by atoms with Crippen LogP contribution in [0.1, 0.15) is 39.0 Å². The number of likely N-dealkylation sites (N-methyl/N-ethyl adjacent to an activating group) is 1. The third-order valence-electron chi connectivity index (χ3n) is 4.41. The molecule has 3 amide bonds. The molecule has 0 saturated carbocycles. The molecular weight excluding hydrogens is 258 g/mol. The van der Waals surface area contributed by atoms with E-state index in [1.54, 1.807) is 0 Å². The predicted octanol–water partition coefficient (Wildman–Crippen LogP) is 0.0298. The van der Waals surface area contributed by atoms with Crippen LogP contribution in [0.15, 0.2) is 0 Å². The van der Waals surface area contributed by atoms with Gasteiger partial charge in [-0.15, -0.1) is 0 Å². The summed E-state index contributed by atoms with van der Waals surface area (Å²) >= 11 is 0. The largest absolute Gasteiger partial charge is 0.344 e. The van der Waals surface area contributed by atoms with Crippen molar-refractivity contribution in [1.82, 2.24) is 15.5 Å². The molecule has 6 nitrogen and oxygen atoms in total. The monoisotopic (exact) mass is 281 g/mol. The molecule has 0 aromatic heterocycles. The van der Waals surface area contributed by atoms with Crippen LogP contribution in [0, 0.1) is 5.41 Å². The number of imide groups is 1. The van der Waals surface area contributed by atoms with Crippen molar-refractivity contribution < 1.29 is 14.4 Å². The highest BCUT2D eigenvalue weighted by Crippen LogP contribution is 2.31. The Morgan fingerprint density at radius 3 is 2.85 bits per heavy atom. The van der Waals surface area contributed by atoms with Gasteiger partial charge in [-0.2, -0.15) is 0 Å². The average Bonchev–Trinajstić information content (AvgIpc) is 2.90. The summed E-state index contributed by atoms with van der Waals surface area (Å²) in [6.07, 6.45) is 3.28. The predicted molar refractivity (Wildman–Crippen MR) is 73.8 cm³/mol. The Morgan fingerprint density at radius 2 is 2.25 bits per heavy atom. The van der Waals surface area contributed by atoms with Gasteiger partial charge in [-0.05, 0) is 25.8 Å². The summed E-state index contributed by atoms with van der Waals surface area (Å²) in [5.41, 5.74) is -0.394. The molecule has 0 spiro atoms. The van der Waals surface area contributed by atoms with E-state index in [2.05, 4.69) is 17.6 Å². The van der Waals surface area contributed by atoms with Gasteiger partial charge in [-0.1, -0.05) is 13.3 Å². The van der Waals surface area contributed by atoms with E-state index in [-0.39, 0.29) is 17.7 Å². The van der Waals surface area contributed by atoms with Crippen molar-refractivity contribution in [1.29, 1.82) is 0 Å². The van der Waals surface area contributed by atoms with Crippen LogP contribution in [-0.4, -0.2) is 48.8 Å². The van der Waals surface area contributed by atoms with Gasteiger partial charge < -0.3 is 10.6 Å². The first-order valence-corrected chi connectivity index (χ1v) is 7.32. The Bertz CT molecular complexity index is 416. The van der Waals surface area contributed by atoms with Crippen molar-refractivity contribution in [2.24, 2.45) is 5.41 Å². The van der Waals surface area contributed by atoms with E-state index in [4.69, 9.17) is 0 Å². The second-order valence-corrected chi connectivity index (χ2v) is 5.81. The molecule has 0 bridgehead atoms. The number of amides is 3. The molecule has 0 aliphatic carbocycles.